The molecular formula is C19H21ClN2O3S. The molecule has 2 atom stereocenters. The van der Waals surface area contributed by atoms with Gasteiger partial charge in [0, 0.05) is 24.7 Å². The Kier molecular flexibility index (Phi) is 4.47. The predicted octanol–water partition coefficient (Wildman–Crippen LogP) is 2.50. The summed E-state index contributed by atoms with van der Waals surface area (Å²) in [7, 11) is -3.69. The lowest BCUT2D eigenvalue weighted by Crippen LogP contribution is -2.47. The molecule has 0 aliphatic carbocycles. The van der Waals surface area contributed by atoms with E-state index in [1.54, 1.807) is 24.3 Å². The zero-order chi connectivity index (χ0) is 18.4. The lowest BCUT2D eigenvalue weighted by atomic mass is 10.0. The van der Waals surface area contributed by atoms with Crippen LogP contribution in [0.3, 0.4) is 0 Å². The first-order chi connectivity index (χ1) is 12.4. The van der Waals surface area contributed by atoms with Crippen molar-refractivity contribution in [1.82, 2.24) is 4.90 Å². The summed E-state index contributed by atoms with van der Waals surface area (Å²) < 4.78 is 26.8. The second kappa shape index (κ2) is 6.53. The van der Waals surface area contributed by atoms with Gasteiger partial charge in [-0.3, -0.25) is 9.21 Å². The van der Waals surface area contributed by atoms with E-state index in [-0.39, 0.29) is 6.54 Å². The molecule has 7 heteroatoms. The summed E-state index contributed by atoms with van der Waals surface area (Å²) in [5, 5.41) is 11.2. The third-order valence-corrected chi connectivity index (χ3v) is 8.25. The molecule has 1 spiro atoms. The highest BCUT2D eigenvalue weighted by Crippen LogP contribution is 2.43. The number of rotatable bonds is 3. The first kappa shape index (κ1) is 17.8. The molecule has 0 aromatic heterocycles. The van der Waals surface area contributed by atoms with E-state index in [9.17, 15) is 13.5 Å². The van der Waals surface area contributed by atoms with Crippen LogP contribution in [0.1, 0.15) is 12.0 Å². The number of aliphatic hydroxyl groups excluding tert-OH is 1. The fourth-order valence-electron chi connectivity index (χ4n) is 4.03. The molecule has 2 aliphatic heterocycles. The highest BCUT2D eigenvalue weighted by molar-refractivity contribution is 7.94. The number of benzene rings is 2. The number of β-amino-alcohol motifs (C(OH)–C–C–N with tert-alkyl or cyclic N) is 1. The Morgan fingerprint density at radius 1 is 1.15 bits per heavy atom. The molecule has 2 heterocycles. The van der Waals surface area contributed by atoms with E-state index in [0.717, 1.165) is 5.56 Å². The summed E-state index contributed by atoms with van der Waals surface area (Å²) in [4.78, 5) is 2.11. The molecule has 0 radical (unpaired) electrons. The number of aliphatic hydroxyl groups is 1. The smallest absolute Gasteiger partial charge is 0.244 e. The van der Waals surface area contributed by atoms with E-state index in [1.165, 1.54) is 4.31 Å². The van der Waals surface area contributed by atoms with Gasteiger partial charge in [-0.1, -0.05) is 48.0 Å². The molecule has 5 nitrogen and oxygen atoms in total. The standard InChI is InChI=1S/C19H21ClN2O3S/c20-16-7-4-8-17(11-16)22-13-18(23)19(26(22,24)25)9-10-21(14-19)12-15-5-2-1-3-6-15/h1-8,11,18,23H,9-10,12-14H2/t18-,19-/m1/s1. The van der Waals surface area contributed by atoms with Crippen molar-refractivity contribution in [2.45, 2.75) is 23.8 Å². The molecule has 2 aromatic carbocycles. The quantitative estimate of drug-likeness (QED) is 0.871. The molecule has 0 amide bonds. The third kappa shape index (κ3) is 2.81. The molecule has 0 saturated carbocycles. The van der Waals surface area contributed by atoms with Gasteiger partial charge in [0.15, 0.2) is 0 Å². The molecule has 26 heavy (non-hydrogen) atoms. The number of sulfonamides is 1. The Bertz CT molecular complexity index is 906. The van der Waals surface area contributed by atoms with Gasteiger partial charge in [0.1, 0.15) is 4.75 Å². The fourth-order valence-corrected chi connectivity index (χ4v) is 6.50. The topological polar surface area (TPSA) is 60.9 Å². The summed E-state index contributed by atoms with van der Waals surface area (Å²) in [5.41, 5.74) is 1.65. The van der Waals surface area contributed by atoms with Crippen molar-refractivity contribution in [2.75, 3.05) is 23.9 Å². The van der Waals surface area contributed by atoms with E-state index in [4.69, 9.17) is 11.6 Å². The van der Waals surface area contributed by atoms with Crippen molar-refractivity contribution < 1.29 is 13.5 Å². The number of likely N-dealkylation sites (tertiary alicyclic amines) is 1. The van der Waals surface area contributed by atoms with Gasteiger partial charge in [-0.05, 0) is 30.2 Å². The van der Waals surface area contributed by atoms with E-state index in [0.29, 0.717) is 36.8 Å². The average Bonchev–Trinajstić information content (AvgIpc) is 3.13. The molecule has 2 aromatic rings. The van der Waals surface area contributed by atoms with Crippen molar-refractivity contribution in [3.63, 3.8) is 0 Å². The predicted molar refractivity (Wildman–Crippen MR) is 103 cm³/mol. The second-order valence-electron chi connectivity index (χ2n) is 7.04. The minimum atomic E-state index is -3.69. The Labute approximate surface area is 158 Å². The van der Waals surface area contributed by atoms with Crippen molar-refractivity contribution in [3.05, 3.63) is 65.2 Å². The lowest BCUT2D eigenvalue weighted by Gasteiger charge is -2.27. The first-order valence-corrected chi connectivity index (χ1v) is 10.5. The van der Waals surface area contributed by atoms with Crippen LogP contribution in [0.2, 0.25) is 5.02 Å². The van der Waals surface area contributed by atoms with E-state index in [2.05, 4.69) is 4.90 Å². The summed E-state index contributed by atoms with van der Waals surface area (Å²) in [6.07, 6.45) is -0.493. The molecule has 2 aliphatic rings. The van der Waals surface area contributed by atoms with Crippen molar-refractivity contribution >= 4 is 27.3 Å². The number of nitrogens with zero attached hydrogens (tertiary/aromatic N) is 2. The van der Waals surface area contributed by atoms with Gasteiger partial charge in [-0.2, -0.15) is 0 Å². The highest BCUT2D eigenvalue weighted by Gasteiger charge is 2.61. The molecule has 1 N–H and O–H groups in total. The molecule has 0 bridgehead atoms. The van der Waals surface area contributed by atoms with Crippen LogP contribution in [0.25, 0.3) is 0 Å². The number of halogens is 1. The van der Waals surface area contributed by atoms with Crippen LogP contribution in [0, 0.1) is 0 Å². The highest BCUT2D eigenvalue weighted by atomic mass is 35.5. The molecule has 2 fully saturated rings. The van der Waals surface area contributed by atoms with Crippen LogP contribution in [0.15, 0.2) is 54.6 Å². The summed E-state index contributed by atoms with van der Waals surface area (Å²) in [6, 6.07) is 16.7. The van der Waals surface area contributed by atoms with Gasteiger partial charge in [-0.15, -0.1) is 0 Å². The normalized spacial score (nSPS) is 28.1. The van der Waals surface area contributed by atoms with Crippen LogP contribution < -0.4 is 4.31 Å². The summed E-state index contributed by atoms with van der Waals surface area (Å²) in [5.74, 6) is 0. The Morgan fingerprint density at radius 3 is 2.65 bits per heavy atom. The lowest BCUT2D eigenvalue weighted by molar-refractivity contribution is 0.143. The maximum absolute atomic E-state index is 13.3. The van der Waals surface area contributed by atoms with Gasteiger partial charge >= 0.3 is 0 Å². The van der Waals surface area contributed by atoms with Crippen molar-refractivity contribution in [3.8, 4) is 0 Å². The Hall–Kier alpha value is -1.60. The molecule has 2 saturated heterocycles. The van der Waals surface area contributed by atoms with Crippen LogP contribution in [-0.4, -0.2) is 48.9 Å². The summed E-state index contributed by atoms with van der Waals surface area (Å²) in [6.45, 7) is 1.74. The monoisotopic (exact) mass is 392 g/mol. The molecule has 0 unspecified atom stereocenters. The van der Waals surface area contributed by atoms with Gasteiger partial charge < -0.3 is 5.11 Å². The maximum Gasteiger partial charge on any atom is 0.244 e. The van der Waals surface area contributed by atoms with E-state index >= 15 is 0 Å². The second-order valence-corrected chi connectivity index (χ2v) is 9.68. The fraction of sp³-hybridized carbons (Fsp3) is 0.368. The molecule has 138 valence electrons. The number of anilines is 1. The third-order valence-electron chi connectivity index (χ3n) is 5.44. The van der Waals surface area contributed by atoms with Gasteiger partial charge in [0.05, 0.1) is 18.3 Å². The number of hydrogen-bond acceptors (Lipinski definition) is 4. The average molecular weight is 393 g/mol. The van der Waals surface area contributed by atoms with Crippen molar-refractivity contribution in [2.24, 2.45) is 0 Å². The maximum atomic E-state index is 13.3. The molecule has 4 rings (SSSR count). The van der Waals surface area contributed by atoms with Crippen LogP contribution in [-0.2, 0) is 16.6 Å². The minimum absolute atomic E-state index is 0.0713. The zero-order valence-corrected chi connectivity index (χ0v) is 15.8. The summed E-state index contributed by atoms with van der Waals surface area (Å²) >= 11 is 6.03. The van der Waals surface area contributed by atoms with Gasteiger partial charge in [0.2, 0.25) is 10.0 Å². The Balaban J connectivity index is 1.60. The first-order valence-electron chi connectivity index (χ1n) is 8.65. The zero-order valence-electron chi connectivity index (χ0n) is 14.3. The van der Waals surface area contributed by atoms with Crippen LogP contribution in [0.5, 0.6) is 0 Å². The van der Waals surface area contributed by atoms with Crippen LogP contribution in [0.4, 0.5) is 5.69 Å². The number of hydrogen-bond donors (Lipinski definition) is 1. The minimum Gasteiger partial charge on any atom is -0.389 e. The van der Waals surface area contributed by atoms with Gasteiger partial charge in [-0.25, -0.2) is 8.42 Å². The van der Waals surface area contributed by atoms with Crippen LogP contribution >= 0.6 is 11.6 Å². The van der Waals surface area contributed by atoms with E-state index < -0.39 is 20.9 Å². The van der Waals surface area contributed by atoms with Gasteiger partial charge in [0.25, 0.3) is 0 Å². The van der Waals surface area contributed by atoms with Crippen molar-refractivity contribution in [1.29, 1.82) is 0 Å². The largest absolute Gasteiger partial charge is 0.389 e. The molecular weight excluding hydrogens is 372 g/mol. The SMILES string of the molecule is O=S1(=O)N(c2cccc(Cl)c2)C[C@@H](O)[C@]12CCN(Cc1ccccc1)C2. The Morgan fingerprint density at radius 2 is 1.92 bits per heavy atom. The van der Waals surface area contributed by atoms with E-state index in [1.807, 2.05) is 30.3 Å².